The van der Waals surface area contributed by atoms with Crippen molar-refractivity contribution in [2.75, 3.05) is 4.90 Å². The predicted molar refractivity (Wildman–Crippen MR) is 101 cm³/mol. The first-order valence-electron chi connectivity index (χ1n) is 8.37. The van der Waals surface area contributed by atoms with Crippen molar-refractivity contribution < 1.29 is 9.90 Å². The standard InChI is InChI=1S/C21H17ClN2O2/c22-18-10-3-1-7-15(18)14-24-19-11-4-2-9-17(19)21(26,20(24)25)13-16-8-5-6-12-23-16/h1-12,26H,13-14H2/t21-/m1/s1. The lowest BCUT2D eigenvalue weighted by Crippen LogP contribution is -2.41. The van der Waals surface area contributed by atoms with Gasteiger partial charge in [0.1, 0.15) is 0 Å². The highest BCUT2D eigenvalue weighted by Gasteiger charge is 2.49. The van der Waals surface area contributed by atoms with E-state index in [2.05, 4.69) is 4.98 Å². The van der Waals surface area contributed by atoms with Gasteiger partial charge in [-0.05, 0) is 29.8 Å². The number of fused-ring (bicyclic) bond motifs is 1. The Morgan fingerprint density at radius 2 is 1.73 bits per heavy atom. The number of carbonyl (C=O) groups is 1. The number of halogens is 1. The van der Waals surface area contributed by atoms with Crippen LogP contribution >= 0.6 is 11.6 Å². The molecule has 26 heavy (non-hydrogen) atoms. The molecule has 4 rings (SSSR count). The van der Waals surface area contributed by atoms with Crippen LogP contribution in [0, 0.1) is 0 Å². The Morgan fingerprint density at radius 3 is 2.50 bits per heavy atom. The monoisotopic (exact) mass is 364 g/mol. The minimum atomic E-state index is -1.63. The zero-order valence-electron chi connectivity index (χ0n) is 14.0. The summed E-state index contributed by atoms with van der Waals surface area (Å²) in [5.74, 6) is -0.357. The summed E-state index contributed by atoms with van der Waals surface area (Å²) in [4.78, 5) is 19.1. The summed E-state index contributed by atoms with van der Waals surface area (Å²) in [7, 11) is 0. The summed E-state index contributed by atoms with van der Waals surface area (Å²) in [6.45, 7) is 0.306. The number of hydrogen-bond acceptors (Lipinski definition) is 3. The smallest absolute Gasteiger partial charge is 0.264 e. The number of rotatable bonds is 4. The molecule has 1 amide bonds. The molecule has 0 aliphatic carbocycles. The van der Waals surface area contributed by atoms with Crippen LogP contribution < -0.4 is 4.90 Å². The molecule has 0 saturated carbocycles. The van der Waals surface area contributed by atoms with Crippen LogP contribution in [0.15, 0.2) is 72.9 Å². The molecule has 1 N–H and O–H groups in total. The number of benzene rings is 2. The van der Waals surface area contributed by atoms with Crippen molar-refractivity contribution in [3.8, 4) is 0 Å². The van der Waals surface area contributed by atoms with Crippen molar-refractivity contribution >= 4 is 23.2 Å². The zero-order valence-corrected chi connectivity index (χ0v) is 14.7. The number of aromatic nitrogens is 1. The molecule has 130 valence electrons. The van der Waals surface area contributed by atoms with Gasteiger partial charge in [-0.25, -0.2) is 0 Å². The number of anilines is 1. The molecule has 1 aliphatic heterocycles. The van der Waals surface area contributed by atoms with Crippen molar-refractivity contribution in [3.63, 3.8) is 0 Å². The van der Waals surface area contributed by atoms with Gasteiger partial charge in [-0.2, -0.15) is 0 Å². The fraction of sp³-hybridized carbons (Fsp3) is 0.143. The number of pyridine rings is 1. The highest BCUT2D eigenvalue weighted by atomic mass is 35.5. The van der Waals surface area contributed by atoms with Crippen LogP contribution in [-0.2, 0) is 23.4 Å². The molecule has 0 bridgehead atoms. The van der Waals surface area contributed by atoms with E-state index in [1.807, 2.05) is 54.6 Å². The SMILES string of the molecule is O=C1N(Cc2ccccc2Cl)c2ccccc2[C@]1(O)Cc1ccccn1. The van der Waals surface area contributed by atoms with Crippen LogP contribution in [0.4, 0.5) is 5.69 Å². The molecular weight excluding hydrogens is 348 g/mol. The summed E-state index contributed by atoms with van der Waals surface area (Å²) in [6, 6.07) is 20.2. The number of para-hydroxylation sites is 1. The molecular formula is C21H17ClN2O2. The summed E-state index contributed by atoms with van der Waals surface area (Å²) < 4.78 is 0. The van der Waals surface area contributed by atoms with Crippen LogP contribution in [0.5, 0.6) is 0 Å². The number of carbonyl (C=O) groups excluding carboxylic acids is 1. The second-order valence-electron chi connectivity index (χ2n) is 6.36. The van der Waals surface area contributed by atoms with Crippen LogP contribution in [0.2, 0.25) is 5.02 Å². The molecule has 2 heterocycles. The molecule has 3 aromatic rings. The average molecular weight is 365 g/mol. The molecule has 0 unspecified atom stereocenters. The molecule has 0 fully saturated rings. The Kier molecular flexibility index (Phi) is 4.23. The van der Waals surface area contributed by atoms with E-state index in [1.54, 1.807) is 23.2 Å². The van der Waals surface area contributed by atoms with Gasteiger partial charge in [0, 0.05) is 28.9 Å². The van der Waals surface area contributed by atoms with Crippen molar-refractivity contribution in [3.05, 3.63) is 94.8 Å². The highest BCUT2D eigenvalue weighted by molar-refractivity contribution is 6.31. The quantitative estimate of drug-likeness (QED) is 0.767. The summed E-state index contributed by atoms with van der Waals surface area (Å²) >= 11 is 6.27. The maximum atomic E-state index is 13.2. The second-order valence-corrected chi connectivity index (χ2v) is 6.77. The van der Waals surface area contributed by atoms with Crippen molar-refractivity contribution in [1.29, 1.82) is 0 Å². The predicted octanol–water partition coefficient (Wildman–Crippen LogP) is 3.71. The Morgan fingerprint density at radius 1 is 1.00 bits per heavy atom. The van der Waals surface area contributed by atoms with Gasteiger partial charge in [0.15, 0.2) is 5.60 Å². The fourth-order valence-electron chi connectivity index (χ4n) is 3.40. The molecule has 1 atom stereocenters. The van der Waals surface area contributed by atoms with E-state index in [0.29, 0.717) is 28.5 Å². The Bertz CT molecular complexity index is 961. The number of aliphatic hydroxyl groups is 1. The first kappa shape index (κ1) is 16.8. The van der Waals surface area contributed by atoms with E-state index in [1.165, 1.54) is 0 Å². The number of amides is 1. The normalized spacial score (nSPS) is 18.8. The minimum Gasteiger partial charge on any atom is -0.375 e. The van der Waals surface area contributed by atoms with Gasteiger partial charge in [-0.1, -0.05) is 54.1 Å². The lowest BCUT2D eigenvalue weighted by atomic mass is 9.90. The summed E-state index contributed by atoms with van der Waals surface area (Å²) in [5, 5.41) is 11.9. The van der Waals surface area contributed by atoms with Crippen molar-refractivity contribution in [2.45, 2.75) is 18.6 Å². The topological polar surface area (TPSA) is 53.4 Å². The Balaban J connectivity index is 1.74. The number of hydrogen-bond donors (Lipinski definition) is 1. The third-order valence-corrected chi connectivity index (χ3v) is 5.06. The van der Waals surface area contributed by atoms with E-state index in [0.717, 1.165) is 5.56 Å². The van der Waals surface area contributed by atoms with E-state index in [4.69, 9.17) is 11.6 Å². The lowest BCUT2D eigenvalue weighted by Gasteiger charge is -2.23. The maximum absolute atomic E-state index is 13.2. The van der Waals surface area contributed by atoms with Gasteiger partial charge in [-0.15, -0.1) is 0 Å². The van der Waals surface area contributed by atoms with Gasteiger partial charge in [0.2, 0.25) is 0 Å². The van der Waals surface area contributed by atoms with Crippen LogP contribution in [0.1, 0.15) is 16.8 Å². The third-order valence-electron chi connectivity index (χ3n) is 4.69. The van der Waals surface area contributed by atoms with E-state index < -0.39 is 5.60 Å². The largest absolute Gasteiger partial charge is 0.375 e. The number of nitrogens with zero attached hydrogens (tertiary/aromatic N) is 2. The van der Waals surface area contributed by atoms with E-state index in [9.17, 15) is 9.90 Å². The molecule has 5 heteroatoms. The first-order valence-corrected chi connectivity index (χ1v) is 8.74. The van der Waals surface area contributed by atoms with Gasteiger partial charge in [0.25, 0.3) is 5.91 Å². The second kappa shape index (κ2) is 6.56. The Labute approximate surface area is 156 Å². The lowest BCUT2D eigenvalue weighted by molar-refractivity contribution is -0.136. The summed E-state index contributed by atoms with van der Waals surface area (Å²) in [5.41, 5.74) is 1.17. The molecule has 2 aromatic carbocycles. The molecule has 1 aliphatic rings. The Hall–Kier alpha value is -2.69. The van der Waals surface area contributed by atoms with Crippen molar-refractivity contribution in [1.82, 2.24) is 4.98 Å². The van der Waals surface area contributed by atoms with Gasteiger partial charge in [0.05, 0.1) is 12.2 Å². The minimum absolute atomic E-state index is 0.128. The van der Waals surface area contributed by atoms with E-state index >= 15 is 0 Å². The van der Waals surface area contributed by atoms with Crippen molar-refractivity contribution in [2.24, 2.45) is 0 Å². The van der Waals surface area contributed by atoms with Crippen LogP contribution in [0.3, 0.4) is 0 Å². The van der Waals surface area contributed by atoms with E-state index in [-0.39, 0.29) is 12.3 Å². The fourth-order valence-corrected chi connectivity index (χ4v) is 3.59. The van der Waals surface area contributed by atoms with Crippen LogP contribution in [0.25, 0.3) is 0 Å². The molecule has 0 spiro atoms. The highest BCUT2D eigenvalue weighted by Crippen LogP contribution is 2.43. The molecule has 0 saturated heterocycles. The molecule has 0 radical (unpaired) electrons. The zero-order chi connectivity index (χ0) is 18.1. The first-order chi connectivity index (χ1) is 12.6. The molecule has 4 nitrogen and oxygen atoms in total. The average Bonchev–Trinajstić information content (AvgIpc) is 2.86. The maximum Gasteiger partial charge on any atom is 0.264 e. The van der Waals surface area contributed by atoms with Gasteiger partial charge >= 0.3 is 0 Å². The third kappa shape index (κ3) is 2.77. The van der Waals surface area contributed by atoms with Gasteiger partial charge in [-0.3, -0.25) is 9.78 Å². The molecule has 1 aromatic heterocycles. The van der Waals surface area contributed by atoms with Gasteiger partial charge < -0.3 is 10.0 Å². The summed E-state index contributed by atoms with van der Waals surface area (Å²) in [6.07, 6.45) is 1.79. The van der Waals surface area contributed by atoms with Crippen LogP contribution in [-0.4, -0.2) is 16.0 Å².